The van der Waals surface area contributed by atoms with Gasteiger partial charge in [-0.05, 0) is 43.0 Å². The Morgan fingerprint density at radius 3 is 2.87 bits per heavy atom. The number of benzene rings is 2. The van der Waals surface area contributed by atoms with Crippen LogP contribution >= 0.6 is 11.6 Å². The SMILES string of the molecule is O=C1NCCCC[C@@H]1NCc1cc2ccc(Cl)cc2nc1OCCc1ccccc1. The molecule has 3 aromatic rings. The molecular formula is C24H26ClN3O2. The molecule has 156 valence electrons. The lowest BCUT2D eigenvalue weighted by molar-refractivity contribution is -0.122. The maximum Gasteiger partial charge on any atom is 0.237 e. The van der Waals surface area contributed by atoms with E-state index in [1.807, 2.05) is 36.4 Å². The third kappa shape index (κ3) is 5.29. The predicted octanol–water partition coefficient (Wildman–Crippen LogP) is 4.27. The largest absolute Gasteiger partial charge is 0.477 e. The van der Waals surface area contributed by atoms with Crippen molar-refractivity contribution in [2.24, 2.45) is 0 Å². The van der Waals surface area contributed by atoms with Gasteiger partial charge in [0, 0.05) is 35.5 Å². The van der Waals surface area contributed by atoms with Crippen LogP contribution in [0.3, 0.4) is 0 Å². The number of ether oxygens (including phenoxy) is 1. The number of nitrogens with zero attached hydrogens (tertiary/aromatic N) is 1. The van der Waals surface area contributed by atoms with Crippen molar-refractivity contribution in [1.29, 1.82) is 0 Å². The van der Waals surface area contributed by atoms with E-state index in [-0.39, 0.29) is 11.9 Å². The molecule has 1 aromatic heterocycles. The summed E-state index contributed by atoms with van der Waals surface area (Å²) in [6.45, 7) is 1.80. The molecule has 1 amide bonds. The first-order valence-electron chi connectivity index (χ1n) is 10.5. The van der Waals surface area contributed by atoms with Crippen LogP contribution in [0.4, 0.5) is 0 Å². The van der Waals surface area contributed by atoms with Crippen LogP contribution in [-0.2, 0) is 17.8 Å². The zero-order valence-electron chi connectivity index (χ0n) is 16.9. The van der Waals surface area contributed by atoms with Gasteiger partial charge in [-0.3, -0.25) is 4.79 Å². The predicted molar refractivity (Wildman–Crippen MR) is 120 cm³/mol. The number of pyridine rings is 1. The smallest absolute Gasteiger partial charge is 0.237 e. The van der Waals surface area contributed by atoms with Crippen molar-refractivity contribution >= 4 is 28.4 Å². The van der Waals surface area contributed by atoms with Gasteiger partial charge in [0.05, 0.1) is 18.2 Å². The van der Waals surface area contributed by atoms with Crippen LogP contribution in [0, 0.1) is 0 Å². The van der Waals surface area contributed by atoms with Gasteiger partial charge in [-0.25, -0.2) is 4.98 Å². The number of fused-ring (bicyclic) bond motifs is 1. The Labute approximate surface area is 181 Å². The molecule has 0 aliphatic carbocycles. The highest BCUT2D eigenvalue weighted by molar-refractivity contribution is 6.31. The van der Waals surface area contributed by atoms with Gasteiger partial charge in [0.15, 0.2) is 0 Å². The number of hydrogen-bond donors (Lipinski definition) is 2. The molecule has 2 N–H and O–H groups in total. The van der Waals surface area contributed by atoms with Crippen molar-refractivity contribution in [2.45, 2.75) is 38.3 Å². The van der Waals surface area contributed by atoms with E-state index in [1.165, 1.54) is 5.56 Å². The summed E-state index contributed by atoms with van der Waals surface area (Å²) < 4.78 is 6.09. The van der Waals surface area contributed by atoms with Crippen LogP contribution in [-0.4, -0.2) is 30.1 Å². The Balaban J connectivity index is 1.52. The number of nitrogens with one attached hydrogen (secondary N) is 2. The van der Waals surface area contributed by atoms with Gasteiger partial charge >= 0.3 is 0 Å². The minimum atomic E-state index is -0.189. The van der Waals surface area contributed by atoms with Crippen molar-refractivity contribution in [3.05, 3.63) is 70.7 Å². The highest BCUT2D eigenvalue weighted by Crippen LogP contribution is 2.25. The molecule has 4 rings (SSSR count). The Morgan fingerprint density at radius 1 is 1.13 bits per heavy atom. The van der Waals surface area contributed by atoms with Gasteiger partial charge in [-0.15, -0.1) is 0 Å². The van der Waals surface area contributed by atoms with Crippen molar-refractivity contribution in [2.75, 3.05) is 13.2 Å². The zero-order chi connectivity index (χ0) is 20.8. The number of hydrogen-bond acceptors (Lipinski definition) is 4. The molecule has 0 unspecified atom stereocenters. The first-order chi connectivity index (χ1) is 14.7. The van der Waals surface area contributed by atoms with Crippen LogP contribution in [0.25, 0.3) is 10.9 Å². The van der Waals surface area contributed by atoms with Crippen LogP contribution in [0.5, 0.6) is 5.88 Å². The lowest BCUT2D eigenvalue weighted by Gasteiger charge is -2.17. The van der Waals surface area contributed by atoms with Crippen LogP contribution in [0.2, 0.25) is 5.02 Å². The third-order valence-corrected chi connectivity index (χ3v) is 5.60. The molecule has 2 heterocycles. The van der Waals surface area contributed by atoms with Crippen molar-refractivity contribution in [3.8, 4) is 5.88 Å². The van der Waals surface area contributed by atoms with E-state index in [4.69, 9.17) is 21.3 Å². The Morgan fingerprint density at radius 2 is 2.00 bits per heavy atom. The van der Waals surface area contributed by atoms with Crippen LogP contribution in [0.15, 0.2) is 54.6 Å². The fourth-order valence-electron chi connectivity index (χ4n) is 3.70. The standard InChI is InChI=1S/C24H26ClN3O2/c25-20-10-9-18-14-19(16-27-21-8-4-5-12-26-23(21)29)24(28-22(18)15-20)30-13-11-17-6-2-1-3-7-17/h1-3,6-7,9-10,14-15,21,27H,4-5,8,11-13,16H2,(H,26,29)/t21-/m0/s1. The monoisotopic (exact) mass is 423 g/mol. The number of amides is 1. The summed E-state index contributed by atoms with van der Waals surface area (Å²) in [5.41, 5.74) is 2.96. The zero-order valence-corrected chi connectivity index (χ0v) is 17.6. The van der Waals surface area contributed by atoms with E-state index in [1.54, 1.807) is 0 Å². The summed E-state index contributed by atoms with van der Waals surface area (Å²) >= 11 is 6.15. The highest BCUT2D eigenvalue weighted by Gasteiger charge is 2.20. The van der Waals surface area contributed by atoms with Gasteiger partial charge in [0.25, 0.3) is 0 Å². The average Bonchev–Trinajstić information content (AvgIpc) is 2.97. The first-order valence-corrected chi connectivity index (χ1v) is 10.8. The molecule has 5 nitrogen and oxygen atoms in total. The second-order valence-corrected chi connectivity index (χ2v) is 8.03. The summed E-state index contributed by atoms with van der Waals surface area (Å²) in [6.07, 6.45) is 3.70. The first kappa shape index (κ1) is 20.6. The lowest BCUT2D eigenvalue weighted by Crippen LogP contribution is -2.42. The molecule has 0 saturated carbocycles. The number of carbonyl (C=O) groups excluding carboxylic acids is 1. The maximum atomic E-state index is 12.3. The Hall–Kier alpha value is -2.63. The van der Waals surface area contributed by atoms with Gasteiger partial charge < -0.3 is 15.4 Å². The van der Waals surface area contributed by atoms with Gasteiger partial charge in [-0.1, -0.05) is 48.0 Å². The fraction of sp³-hybridized carbons (Fsp3) is 0.333. The minimum Gasteiger partial charge on any atom is -0.477 e. The van der Waals surface area contributed by atoms with E-state index >= 15 is 0 Å². The molecule has 0 radical (unpaired) electrons. The fourth-order valence-corrected chi connectivity index (χ4v) is 3.86. The highest BCUT2D eigenvalue weighted by atomic mass is 35.5. The Kier molecular flexibility index (Phi) is 6.82. The average molecular weight is 424 g/mol. The number of carbonyl (C=O) groups is 1. The van der Waals surface area contributed by atoms with E-state index in [9.17, 15) is 4.79 Å². The Bertz CT molecular complexity index is 1010. The topological polar surface area (TPSA) is 63.2 Å². The molecule has 1 aliphatic heterocycles. The van der Waals surface area contributed by atoms with E-state index in [0.29, 0.717) is 24.1 Å². The third-order valence-electron chi connectivity index (χ3n) is 5.37. The van der Waals surface area contributed by atoms with Crippen LogP contribution in [0.1, 0.15) is 30.4 Å². The molecule has 1 atom stereocenters. The number of halogens is 1. The van der Waals surface area contributed by atoms with Crippen molar-refractivity contribution < 1.29 is 9.53 Å². The van der Waals surface area contributed by atoms with Crippen molar-refractivity contribution in [3.63, 3.8) is 0 Å². The number of aromatic nitrogens is 1. The molecule has 6 heteroatoms. The summed E-state index contributed by atoms with van der Waals surface area (Å²) in [4.78, 5) is 17.0. The maximum absolute atomic E-state index is 12.3. The summed E-state index contributed by atoms with van der Waals surface area (Å²) in [7, 11) is 0. The lowest BCUT2D eigenvalue weighted by atomic mass is 10.1. The van der Waals surface area contributed by atoms with E-state index < -0.39 is 0 Å². The molecule has 30 heavy (non-hydrogen) atoms. The molecule has 0 bridgehead atoms. The number of rotatable bonds is 7. The van der Waals surface area contributed by atoms with E-state index in [2.05, 4.69) is 28.8 Å². The quantitative estimate of drug-likeness (QED) is 0.595. The molecule has 0 spiro atoms. The van der Waals surface area contributed by atoms with E-state index in [0.717, 1.165) is 48.7 Å². The molecule has 1 fully saturated rings. The van der Waals surface area contributed by atoms with Gasteiger partial charge in [0.2, 0.25) is 11.8 Å². The summed E-state index contributed by atoms with van der Waals surface area (Å²) in [5, 5.41) is 8.01. The second kappa shape index (κ2) is 9.92. The summed E-state index contributed by atoms with van der Waals surface area (Å²) in [6, 6.07) is 17.8. The minimum absolute atomic E-state index is 0.0691. The summed E-state index contributed by atoms with van der Waals surface area (Å²) in [5.74, 6) is 0.654. The molecular weight excluding hydrogens is 398 g/mol. The van der Waals surface area contributed by atoms with Gasteiger partial charge in [0.1, 0.15) is 0 Å². The van der Waals surface area contributed by atoms with Gasteiger partial charge in [-0.2, -0.15) is 0 Å². The molecule has 1 saturated heterocycles. The second-order valence-electron chi connectivity index (χ2n) is 7.59. The van der Waals surface area contributed by atoms with Crippen LogP contribution < -0.4 is 15.4 Å². The van der Waals surface area contributed by atoms with Crippen molar-refractivity contribution in [1.82, 2.24) is 15.6 Å². The normalized spacial score (nSPS) is 16.8. The molecule has 1 aliphatic rings. The molecule has 2 aromatic carbocycles.